The van der Waals surface area contributed by atoms with Crippen LogP contribution in [0.2, 0.25) is 0 Å². The Morgan fingerprint density at radius 3 is 2.63 bits per heavy atom. The Bertz CT molecular complexity index is 433. The third-order valence-corrected chi connectivity index (χ3v) is 4.48. The molecule has 0 aliphatic heterocycles. The summed E-state index contributed by atoms with van der Waals surface area (Å²) in [6, 6.07) is 0. The van der Waals surface area contributed by atoms with Crippen LogP contribution in [-0.4, -0.2) is 23.6 Å². The summed E-state index contributed by atoms with van der Waals surface area (Å²) in [5.74, 6) is 2.21. The molecule has 0 spiro atoms. The van der Waals surface area contributed by atoms with Gasteiger partial charge in [0.25, 0.3) is 0 Å². The second kappa shape index (κ2) is 6.66. The third kappa shape index (κ3) is 3.26. The van der Waals surface area contributed by atoms with E-state index in [1.807, 2.05) is 6.92 Å². The molecule has 1 fully saturated rings. The summed E-state index contributed by atoms with van der Waals surface area (Å²) < 4.78 is 6.38. The maximum Gasteiger partial charge on any atom is 0.159 e. The van der Waals surface area contributed by atoms with Gasteiger partial charge < -0.3 is 10.1 Å². The zero-order valence-corrected chi connectivity index (χ0v) is 13.5. The average molecular weight is 328 g/mol. The number of rotatable bonds is 5. The summed E-state index contributed by atoms with van der Waals surface area (Å²) in [4.78, 5) is 9.32. The molecule has 1 N–H and O–H groups in total. The van der Waals surface area contributed by atoms with Crippen molar-refractivity contribution in [3.05, 3.63) is 16.0 Å². The molecule has 0 aromatic carbocycles. The number of halogens is 1. The summed E-state index contributed by atoms with van der Waals surface area (Å²) in [6.07, 6.45) is 4.97. The Kier molecular flexibility index (Phi) is 5.16. The van der Waals surface area contributed by atoms with Crippen LogP contribution in [0.3, 0.4) is 0 Å². The molecule has 106 valence electrons. The van der Waals surface area contributed by atoms with Crippen molar-refractivity contribution in [1.82, 2.24) is 9.97 Å². The molecule has 19 heavy (non-hydrogen) atoms. The molecule has 0 amide bonds. The van der Waals surface area contributed by atoms with E-state index in [0.717, 1.165) is 28.4 Å². The summed E-state index contributed by atoms with van der Waals surface area (Å²) >= 11 is 3.67. The lowest BCUT2D eigenvalue weighted by atomic mass is 10.0. The number of hydrogen-bond donors (Lipinski definition) is 1. The minimum absolute atomic E-state index is 0.0781. The fraction of sp³-hybridized carbons (Fsp3) is 0.714. The first-order valence-corrected chi connectivity index (χ1v) is 7.80. The number of hydrogen-bond acceptors (Lipinski definition) is 4. The van der Waals surface area contributed by atoms with Crippen LogP contribution < -0.4 is 5.32 Å². The van der Waals surface area contributed by atoms with E-state index in [9.17, 15) is 0 Å². The molecule has 0 bridgehead atoms. The number of nitrogens with one attached hydrogen (secondary N) is 1. The second-order valence-electron chi connectivity index (χ2n) is 5.02. The number of methoxy groups -OCH3 is 1. The zero-order chi connectivity index (χ0) is 13.8. The molecule has 1 aromatic heterocycles. The maximum absolute atomic E-state index is 5.36. The maximum atomic E-state index is 5.36. The molecule has 0 saturated heterocycles. The van der Waals surface area contributed by atoms with Gasteiger partial charge in [-0.05, 0) is 42.6 Å². The summed E-state index contributed by atoms with van der Waals surface area (Å²) in [7, 11) is 1.69. The molecule has 1 aliphatic rings. The zero-order valence-electron chi connectivity index (χ0n) is 11.9. The van der Waals surface area contributed by atoms with Crippen LogP contribution in [0.15, 0.2) is 4.47 Å². The van der Waals surface area contributed by atoms with Crippen LogP contribution in [-0.2, 0) is 4.74 Å². The molecule has 1 aliphatic carbocycles. The predicted octanol–water partition coefficient (Wildman–Crippen LogP) is 4.04. The van der Waals surface area contributed by atoms with E-state index in [1.165, 1.54) is 25.7 Å². The van der Waals surface area contributed by atoms with E-state index >= 15 is 0 Å². The number of nitrogens with zero attached hydrogens (tertiary/aromatic N) is 2. The van der Waals surface area contributed by atoms with E-state index in [1.54, 1.807) is 7.11 Å². The first-order chi connectivity index (χ1) is 9.17. The van der Waals surface area contributed by atoms with Crippen LogP contribution in [0.5, 0.6) is 0 Å². The Morgan fingerprint density at radius 1 is 1.37 bits per heavy atom. The Morgan fingerprint density at radius 2 is 2.05 bits per heavy atom. The minimum Gasteiger partial charge on any atom is -0.374 e. The van der Waals surface area contributed by atoms with E-state index in [0.29, 0.717) is 5.92 Å². The first-order valence-electron chi connectivity index (χ1n) is 7.01. The van der Waals surface area contributed by atoms with Crippen molar-refractivity contribution >= 4 is 21.7 Å². The monoisotopic (exact) mass is 327 g/mol. The highest BCUT2D eigenvalue weighted by Crippen LogP contribution is 2.39. The summed E-state index contributed by atoms with van der Waals surface area (Å²) in [5.41, 5.74) is 1.14. The predicted molar refractivity (Wildman–Crippen MR) is 80.5 cm³/mol. The summed E-state index contributed by atoms with van der Waals surface area (Å²) in [5, 5.41) is 3.31. The Hall–Kier alpha value is -0.680. The van der Waals surface area contributed by atoms with Crippen molar-refractivity contribution in [3.8, 4) is 0 Å². The molecule has 1 atom stereocenters. The van der Waals surface area contributed by atoms with Crippen LogP contribution in [0.1, 0.15) is 63.1 Å². The number of aromatic nitrogens is 2. The molecular weight excluding hydrogens is 306 g/mol. The lowest BCUT2D eigenvalue weighted by molar-refractivity contribution is 0.112. The van der Waals surface area contributed by atoms with Crippen molar-refractivity contribution in [3.63, 3.8) is 0 Å². The van der Waals surface area contributed by atoms with Gasteiger partial charge in [-0.3, -0.25) is 0 Å². The fourth-order valence-corrected chi connectivity index (χ4v) is 3.17. The van der Waals surface area contributed by atoms with Gasteiger partial charge in [0, 0.05) is 19.6 Å². The highest BCUT2D eigenvalue weighted by atomic mass is 79.9. The quantitative estimate of drug-likeness (QED) is 0.886. The standard InChI is InChI=1S/C14H22BrN3O/c1-4-16-14-11(15)12(10-7-5-6-8-10)17-13(18-14)9(2)19-3/h9-10H,4-8H2,1-3H3,(H,16,17,18). The van der Waals surface area contributed by atoms with Gasteiger partial charge in [-0.1, -0.05) is 12.8 Å². The van der Waals surface area contributed by atoms with Gasteiger partial charge in [0.05, 0.1) is 10.2 Å². The lowest BCUT2D eigenvalue weighted by Gasteiger charge is -2.18. The van der Waals surface area contributed by atoms with Gasteiger partial charge in [-0.15, -0.1) is 0 Å². The molecule has 2 rings (SSSR count). The molecule has 1 aromatic rings. The molecular formula is C14H22BrN3O. The number of ether oxygens (including phenoxy) is 1. The summed E-state index contributed by atoms with van der Waals surface area (Å²) in [6.45, 7) is 4.90. The molecule has 4 nitrogen and oxygen atoms in total. The molecule has 5 heteroatoms. The Balaban J connectivity index is 2.41. The van der Waals surface area contributed by atoms with Gasteiger partial charge >= 0.3 is 0 Å². The fourth-order valence-electron chi connectivity index (χ4n) is 2.52. The van der Waals surface area contributed by atoms with E-state index in [-0.39, 0.29) is 6.10 Å². The van der Waals surface area contributed by atoms with E-state index in [4.69, 9.17) is 9.72 Å². The van der Waals surface area contributed by atoms with Crippen molar-refractivity contribution in [2.75, 3.05) is 19.0 Å². The van der Waals surface area contributed by atoms with Gasteiger partial charge in [0.15, 0.2) is 5.82 Å². The number of anilines is 1. The average Bonchev–Trinajstić information content (AvgIpc) is 2.94. The van der Waals surface area contributed by atoms with E-state index < -0.39 is 0 Å². The molecule has 0 radical (unpaired) electrons. The Labute approximate surface area is 123 Å². The van der Waals surface area contributed by atoms with E-state index in [2.05, 4.69) is 33.2 Å². The molecule has 1 heterocycles. The van der Waals surface area contributed by atoms with Crippen LogP contribution in [0.25, 0.3) is 0 Å². The molecule has 1 saturated carbocycles. The van der Waals surface area contributed by atoms with Gasteiger partial charge in [-0.25, -0.2) is 9.97 Å². The van der Waals surface area contributed by atoms with Crippen molar-refractivity contribution < 1.29 is 4.74 Å². The van der Waals surface area contributed by atoms with Crippen LogP contribution >= 0.6 is 15.9 Å². The largest absolute Gasteiger partial charge is 0.374 e. The first kappa shape index (κ1) is 14.7. The lowest BCUT2D eigenvalue weighted by Crippen LogP contribution is -2.12. The van der Waals surface area contributed by atoms with Gasteiger partial charge in [-0.2, -0.15) is 0 Å². The van der Waals surface area contributed by atoms with Gasteiger partial charge in [0.1, 0.15) is 11.9 Å². The second-order valence-corrected chi connectivity index (χ2v) is 5.81. The van der Waals surface area contributed by atoms with Crippen molar-refractivity contribution in [2.45, 2.75) is 51.6 Å². The smallest absolute Gasteiger partial charge is 0.159 e. The molecule has 1 unspecified atom stereocenters. The SMILES string of the molecule is CCNc1nc(C(C)OC)nc(C2CCCC2)c1Br. The topological polar surface area (TPSA) is 47.0 Å². The highest BCUT2D eigenvalue weighted by molar-refractivity contribution is 9.10. The third-order valence-electron chi connectivity index (χ3n) is 3.70. The van der Waals surface area contributed by atoms with Crippen molar-refractivity contribution in [1.29, 1.82) is 0 Å². The normalized spacial score (nSPS) is 17.7. The van der Waals surface area contributed by atoms with Gasteiger partial charge in [0.2, 0.25) is 0 Å². The van der Waals surface area contributed by atoms with Crippen LogP contribution in [0.4, 0.5) is 5.82 Å². The highest BCUT2D eigenvalue weighted by Gasteiger charge is 2.24. The van der Waals surface area contributed by atoms with Crippen molar-refractivity contribution in [2.24, 2.45) is 0 Å². The minimum atomic E-state index is -0.0781. The van der Waals surface area contributed by atoms with Crippen LogP contribution in [0, 0.1) is 0 Å².